The quantitative estimate of drug-likeness (QED) is 0.195. The highest BCUT2D eigenvalue weighted by atomic mass is 16.5. The van der Waals surface area contributed by atoms with Gasteiger partial charge in [0, 0.05) is 73.3 Å². The molecule has 0 unspecified atom stereocenters. The lowest BCUT2D eigenvalue weighted by atomic mass is 9.90. The van der Waals surface area contributed by atoms with Crippen molar-refractivity contribution in [2.75, 3.05) is 75.1 Å². The number of nitrogens with zero attached hydrogens (tertiary/aromatic N) is 4. The molecule has 0 amide bonds. The first-order chi connectivity index (χ1) is 22.6. The molecule has 1 saturated carbocycles. The van der Waals surface area contributed by atoms with Gasteiger partial charge >= 0.3 is 0 Å². The monoisotopic (exact) mass is 626 g/mol. The summed E-state index contributed by atoms with van der Waals surface area (Å²) in [5, 5.41) is 9.85. The number of fused-ring (bicyclic) bond motifs is 2. The summed E-state index contributed by atoms with van der Waals surface area (Å²) in [4.78, 5) is 15.2. The van der Waals surface area contributed by atoms with Crippen molar-refractivity contribution in [1.82, 2.24) is 9.97 Å². The average Bonchev–Trinajstić information content (AvgIpc) is 3.83. The molecule has 2 aromatic carbocycles. The zero-order valence-electron chi connectivity index (χ0n) is 27.5. The molecule has 3 fully saturated rings. The second kappa shape index (κ2) is 13.2. The first-order valence-corrected chi connectivity index (χ1v) is 16.7. The van der Waals surface area contributed by atoms with E-state index < -0.39 is 0 Å². The van der Waals surface area contributed by atoms with Gasteiger partial charge in [0.1, 0.15) is 45.7 Å². The van der Waals surface area contributed by atoms with Crippen LogP contribution >= 0.6 is 0 Å². The molecule has 10 nitrogen and oxygen atoms in total. The summed E-state index contributed by atoms with van der Waals surface area (Å²) in [5.41, 5.74) is 4.06. The van der Waals surface area contributed by atoms with Crippen molar-refractivity contribution >= 4 is 44.8 Å². The second-order valence-electron chi connectivity index (χ2n) is 12.7. The van der Waals surface area contributed by atoms with E-state index in [4.69, 9.17) is 28.9 Å². The largest absolute Gasteiger partial charge is 0.497 e. The van der Waals surface area contributed by atoms with Crippen LogP contribution < -0.4 is 39.4 Å². The molecule has 2 aromatic heterocycles. The van der Waals surface area contributed by atoms with Crippen molar-refractivity contribution < 1.29 is 18.9 Å². The Labute approximate surface area is 271 Å². The van der Waals surface area contributed by atoms with Crippen LogP contribution in [0.3, 0.4) is 0 Å². The van der Waals surface area contributed by atoms with Crippen LogP contribution in [0.4, 0.5) is 23.0 Å². The van der Waals surface area contributed by atoms with Gasteiger partial charge in [-0.25, -0.2) is 9.97 Å². The van der Waals surface area contributed by atoms with Crippen LogP contribution in [0.2, 0.25) is 0 Å². The summed E-state index contributed by atoms with van der Waals surface area (Å²) in [6, 6.07) is 12.8. The topological polar surface area (TPSA) is 93.2 Å². The molecule has 46 heavy (non-hydrogen) atoms. The molecule has 0 radical (unpaired) electrons. The van der Waals surface area contributed by atoms with E-state index in [0.29, 0.717) is 0 Å². The minimum Gasteiger partial charge on any atom is -0.497 e. The number of ether oxygens (including phenoxy) is 4. The van der Waals surface area contributed by atoms with Crippen LogP contribution in [0.15, 0.2) is 36.4 Å². The fraction of sp³-hybridized carbons (Fsp3) is 0.500. The summed E-state index contributed by atoms with van der Waals surface area (Å²) < 4.78 is 22.9. The third-order valence-electron chi connectivity index (χ3n) is 9.90. The highest BCUT2D eigenvalue weighted by Crippen LogP contribution is 2.41. The number of aromatic nitrogens is 2. The highest BCUT2D eigenvalue weighted by Gasteiger charge is 2.28. The molecule has 244 valence electrons. The third kappa shape index (κ3) is 5.85. The molecule has 4 aromatic rings. The number of hydrogen-bond acceptors (Lipinski definition) is 10. The van der Waals surface area contributed by atoms with Crippen LogP contribution in [0.5, 0.6) is 23.0 Å². The Morgan fingerprint density at radius 3 is 1.33 bits per heavy atom. The SMILES string of the molecule is COc1cc(OC)c2nc(N[C@@H]3CCCC[C@H]3Nc3cc(N4CCCC4)c4cc(OC)cc(OC)c4n3)cc(N3CCCC3)c2c1. The molecule has 3 aliphatic rings. The minimum atomic E-state index is 0.180. The third-order valence-corrected chi connectivity index (χ3v) is 9.90. The Hall–Kier alpha value is -4.34. The summed E-state index contributed by atoms with van der Waals surface area (Å²) in [5.74, 6) is 4.73. The minimum absolute atomic E-state index is 0.180. The molecular formula is C36H46N6O4. The van der Waals surface area contributed by atoms with Crippen LogP contribution in [0, 0.1) is 0 Å². The zero-order valence-corrected chi connectivity index (χ0v) is 27.5. The smallest absolute Gasteiger partial charge is 0.148 e. The number of anilines is 4. The summed E-state index contributed by atoms with van der Waals surface area (Å²) in [7, 11) is 6.79. The normalized spacial score (nSPS) is 19.9. The first-order valence-electron chi connectivity index (χ1n) is 16.7. The lowest BCUT2D eigenvalue weighted by molar-refractivity contribution is 0.397. The van der Waals surface area contributed by atoms with Gasteiger partial charge in [0.15, 0.2) is 0 Å². The average molecular weight is 627 g/mol. The summed E-state index contributed by atoms with van der Waals surface area (Å²) in [6.07, 6.45) is 9.19. The van der Waals surface area contributed by atoms with Gasteiger partial charge in [0.2, 0.25) is 0 Å². The Balaban J connectivity index is 1.24. The number of pyridine rings is 2. The number of nitrogens with one attached hydrogen (secondary N) is 2. The lowest BCUT2D eigenvalue weighted by Gasteiger charge is -2.34. The van der Waals surface area contributed by atoms with Gasteiger partial charge in [0.25, 0.3) is 0 Å². The molecule has 2 N–H and O–H groups in total. The number of rotatable bonds is 10. The molecular weight excluding hydrogens is 580 g/mol. The first kappa shape index (κ1) is 30.3. The Morgan fingerprint density at radius 2 is 0.957 bits per heavy atom. The number of methoxy groups -OCH3 is 4. The molecule has 0 spiro atoms. The van der Waals surface area contributed by atoms with Crippen LogP contribution in [-0.2, 0) is 0 Å². The van der Waals surface area contributed by atoms with Crippen LogP contribution in [0.1, 0.15) is 51.4 Å². The molecule has 0 bridgehead atoms. The van der Waals surface area contributed by atoms with Crippen molar-refractivity contribution in [2.45, 2.75) is 63.5 Å². The van der Waals surface area contributed by atoms with Crippen molar-refractivity contribution in [3.05, 3.63) is 36.4 Å². The molecule has 7 rings (SSSR count). The van der Waals surface area contributed by atoms with E-state index in [1.807, 2.05) is 12.1 Å². The van der Waals surface area contributed by atoms with E-state index in [-0.39, 0.29) is 12.1 Å². The van der Waals surface area contributed by atoms with Crippen molar-refractivity contribution in [3.63, 3.8) is 0 Å². The van der Waals surface area contributed by atoms with Crippen molar-refractivity contribution in [3.8, 4) is 23.0 Å². The van der Waals surface area contributed by atoms with Gasteiger partial charge in [0.05, 0.1) is 39.8 Å². The molecule has 4 heterocycles. The fourth-order valence-corrected chi connectivity index (χ4v) is 7.50. The predicted octanol–water partition coefficient (Wildman–Crippen LogP) is 6.85. The summed E-state index contributed by atoms with van der Waals surface area (Å²) in [6.45, 7) is 4.14. The van der Waals surface area contributed by atoms with Crippen LogP contribution in [-0.4, -0.2) is 76.7 Å². The highest BCUT2D eigenvalue weighted by molar-refractivity contribution is 5.99. The van der Waals surface area contributed by atoms with Gasteiger partial charge in [-0.3, -0.25) is 0 Å². The molecule has 2 saturated heterocycles. The van der Waals surface area contributed by atoms with Crippen LogP contribution in [0.25, 0.3) is 21.8 Å². The molecule has 1 aliphatic carbocycles. The van der Waals surface area contributed by atoms with E-state index in [9.17, 15) is 0 Å². The zero-order chi connectivity index (χ0) is 31.6. The summed E-state index contributed by atoms with van der Waals surface area (Å²) >= 11 is 0. The molecule has 2 atom stereocenters. The van der Waals surface area contributed by atoms with E-state index in [1.54, 1.807) is 28.4 Å². The Kier molecular flexibility index (Phi) is 8.69. The standard InChI is InChI=1S/C36H46N6O4/c1-43-23-17-25-29(41-13-7-8-14-41)21-33(39-35(25)31(19-23)45-3)37-27-11-5-6-12-28(27)38-34-22-30(42-15-9-10-16-42)26-18-24(44-2)20-32(46-4)36(26)40-34/h17-22,27-28H,5-16H2,1-4H3,(H,37,39)(H,38,40)/t27-,28-/m1/s1. The maximum Gasteiger partial charge on any atom is 0.148 e. The lowest BCUT2D eigenvalue weighted by Crippen LogP contribution is -2.42. The van der Waals surface area contributed by atoms with Gasteiger partial charge < -0.3 is 39.4 Å². The van der Waals surface area contributed by atoms with Gasteiger partial charge in [-0.1, -0.05) is 12.8 Å². The Bertz CT molecular complexity index is 1580. The Morgan fingerprint density at radius 1 is 0.543 bits per heavy atom. The van der Waals surface area contributed by atoms with E-state index in [1.165, 1.54) is 49.9 Å². The van der Waals surface area contributed by atoms with Gasteiger partial charge in [-0.05, 0) is 50.7 Å². The van der Waals surface area contributed by atoms with Crippen molar-refractivity contribution in [2.24, 2.45) is 0 Å². The predicted molar refractivity (Wildman–Crippen MR) is 186 cm³/mol. The van der Waals surface area contributed by atoms with E-state index >= 15 is 0 Å². The van der Waals surface area contributed by atoms with Gasteiger partial charge in [-0.15, -0.1) is 0 Å². The maximum absolute atomic E-state index is 5.82. The maximum atomic E-state index is 5.82. The number of hydrogen-bond donors (Lipinski definition) is 2. The van der Waals surface area contributed by atoms with Gasteiger partial charge in [-0.2, -0.15) is 0 Å². The molecule has 2 aliphatic heterocycles. The fourth-order valence-electron chi connectivity index (χ4n) is 7.50. The number of benzene rings is 2. The van der Waals surface area contributed by atoms with E-state index in [2.05, 4.69) is 44.7 Å². The van der Waals surface area contributed by atoms with Crippen molar-refractivity contribution in [1.29, 1.82) is 0 Å². The second-order valence-corrected chi connectivity index (χ2v) is 12.7. The van der Waals surface area contributed by atoms with E-state index in [0.717, 1.165) is 95.5 Å². The molecule has 10 heteroatoms.